The molecule has 21 heavy (non-hydrogen) atoms. The minimum absolute atomic E-state index is 0.100. The topological polar surface area (TPSA) is 85.4 Å². The number of carbonyl (C=O) groups excluding carboxylic acids is 1. The number of carbonyl (C=O) groups is 1. The van der Waals surface area contributed by atoms with E-state index < -0.39 is 16.0 Å². The van der Waals surface area contributed by atoms with Gasteiger partial charge in [0.15, 0.2) is 9.90 Å². The van der Waals surface area contributed by atoms with Crippen molar-refractivity contribution in [3.63, 3.8) is 0 Å². The Labute approximate surface area is 133 Å². The molecule has 0 radical (unpaired) electrons. The summed E-state index contributed by atoms with van der Waals surface area (Å²) in [4.78, 5) is 15.3. The number of esters is 1. The van der Waals surface area contributed by atoms with Crippen LogP contribution in [-0.2, 0) is 14.8 Å². The van der Waals surface area contributed by atoms with E-state index in [1.54, 1.807) is 11.8 Å². The van der Waals surface area contributed by atoms with E-state index in [1.165, 1.54) is 12.6 Å². The second-order valence-electron chi connectivity index (χ2n) is 4.40. The number of sulfonamides is 1. The van der Waals surface area contributed by atoms with E-state index >= 15 is 0 Å². The van der Waals surface area contributed by atoms with Gasteiger partial charge in [0.05, 0.1) is 12.6 Å². The number of methoxy groups -OCH3 is 1. The van der Waals surface area contributed by atoms with Crippen molar-refractivity contribution in [2.75, 3.05) is 19.9 Å². The van der Waals surface area contributed by atoms with Crippen molar-refractivity contribution in [1.29, 1.82) is 0 Å². The molecule has 1 N–H and O–H groups in total. The third-order valence-corrected chi connectivity index (χ3v) is 7.82. The smallest absolute Gasteiger partial charge is 0.358 e. The van der Waals surface area contributed by atoms with Crippen molar-refractivity contribution in [2.45, 2.75) is 35.6 Å². The van der Waals surface area contributed by atoms with E-state index in [0.29, 0.717) is 6.54 Å². The lowest BCUT2D eigenvalue weighted by molar-refractivity contribution is 0.0590. The number of aromatic nitrogens is 1. The van der Waals surface area contributed by atoms with E-state index in [-0.39, 0.29) is 14.7 Å². The van der Waals surface area contributed by atoms with Crippen LogP contribution in [0.15, 0.2) is 9.72 Å². The van der Waals surface area contributed by atoms with Gasteiger partial charge < -0.3 is 4.74 Å². The van der Waals surface area contributed by atoms with Crippen molar-refractivity contribution in [2.24, 2.45) is 0 Å². The summed E-state index contributed by atoms with van der Waals surface area (Å²) >= 11 is 2.54. The lowest BCUT2D eigenvalue weighted by Crippen LogP contribution is -2.39. The molecular formula is C12H20N2O4S3. The number of rotatable bonds is 8. The van der Waals surface area contributed by atoms with Gasteiger partial charge in [0.25, 0.3) is 10.0 Å². The minimum Gasteiger partial charge on any atom is -0.464 e. The maximum atomic E-state index is 12.4. The molecule has 1 aromatic heterocycles. The molecule has 1 rings (SSSR count). The number of ether oxygens (including phenoxy) is 1. The quantitative estimate of drug-likeness (QED) is 0.722. The summed E-state index contributed by atoms with van der Waals surface area (Å²) in [6.45, 7) is 4.36. The first-order valence-corrected chi connectivity index (χ1v) is 10.0. The SMILES string of the molecule is CCC(CC)(CNS(=O)(=O)c1scnc1C(=O)OC)SC. The van der Waals surface area contributed by atoms with Gasteiger partial charge in [-0.2, -0.15) is 11.8 Å². The van der Waals surface area contributed by atoms with Crippen LogP contribution in [0.4, 0.5) is 0 Å². The lowest BCUT2D eigenvalue weighted by atomic mass is 10.0. The van der Waals surface area contributed by atoms with E-state index in [9.17, 15) is 13.2 Å². The van der Waals surface area contributed by atoms with E-state index in [1.807, 2.05) is 20.1 Å². The maximum Gasteiger partial charge on any atom is 0.358 e. The van der Waals surface area contributed by atoms with Gasteiger partial charge in [-0.1, -0.05) is 13.8 Å². The third-order valence-electron chi connectivity index (χ3n) is 3.46. The molecule has 0 spiro atoms. The second kappa shape index (κ2) is 7.57. The Hall–Kier alpha value is -0.640. The second-order valence-corrected chi connectivity index (χ2v) is 8.49. The van der Waals surface area contributed by atoms with Gasteiger partial charge in [0.1, 0.15) is 0 Å². The van der Waals surface area contributed by atoms with E-state index in [0.717, 1.165) is 24.2 Å². The fourth-order valence-electron chi connectivity index (χ4n) is 1.81. The fraction of sp³-hybridized carbons (Fsp3) is 0.667. The molecule has 0 aliphatic carbocycles. The van der Waals surface area contributed by atoms with E-state index in [2.05, 4.69) is 14.4 Å². The van der Waals surface area contributed by atoms with Gasteiger partial charge in [-0.25, -0.2) is 22.9 Å². The van der Waals surface area contributed by atoms with Crippen LogP contribution in [0.25, 0.3) is 0 Å². The number of thiazole rings is 1. The number of thioether (sulfide) groups is 1. The molecule has 6 nitrogen and oxygen atoms in total. The molecule has 0 amide bonds. The molecule has 0 saturated carbocycles. The molecule has 1 aromatic rings. The van der Waals surface area contributed by atoms with Crippen molar-refractivity contribution in [1.82, 2.24) is 9.71 Å². The van der Waals surface area contributed by atoms with Gasteiger partial charge in [-0.15, -0.1) is 11.3 Å². The minimum atomic E-state index is -3.77. The molecule has 0 unspecified atom stereocenters. The molecule has 0 bridgehead atoms. The maximum absolute atomic E-state index is 12.4. The highest BCUT2D eigenvalue weighted by Crippen LogP contribution is 2.30. The zero-order valence-corrected chi connectivity index (χ0v) is 15.0. The van der Waals surface area contributed by atoms with Crippen LogP contribution >= 0.6 is 23.1 Å². The van der Waals surface area contributed by atoms with Gasteiger partial charge >= 0.3 is 5.97 Å². The van der Waals surface area contributed by atoms with Crippen LogP contribution in [0.3, 0.4) is 0 Å². The highest BCUT2D eigenvalue weighted by atomic mass is 32.2. The van der Waals surface area contributed by atoms with Crippen molar-refractivity contribution in [3.05, 3.63) is 11.2 Å². The molecule has 9 heteroatoms. The number of nitrogens with zero attached hydrogens (tertiary/aromatic N) is 1. The molecular weight excluding hydrogens is 332 g/mol. The Kier molecular flexibility index (Phi) is 6.64. The summed E-state index contributed by atoms with van der Waals surface area (Å²) in [5.41, 5.74) is 1.15. The van der Waals surface area contributed by atoms with Gasteiger partial charge in [0, 0.05) is 11.3 Å². The number of hydrogen-bond acceptors (Lipinski definition) is 7. The van der Waals surface area contributed by atoms with Gasteiger partial charge in [-0.3, -0.25) is 0 Å². The Morgan fingerprint density at radius 3 is 2.57 bits per heavy atom. The molecule has 0 aliphatic rings. The monoisotopic (exact) mass is 352 g/mol. The predicted octanol–water partition coefficient (Wildman–Crippen LogP) is 2.13. The van der Waals surface area contributed by atoms with E-state index in [4.69, 9.17) is 0 Å². The first-order valence-electron chi connectivity index (χ1n) is 6.42. The number of nitrogens with one attached hydrogen (secondary N) is 1. The standard InChI is InChI=1S/C12H20N2O4S3/c1-5-12(6-2,19-4)7-14-21(16,17)11-9(10(15)18-3)13-8-20-11/h8,14H,5-7H2,1-4H3. The summed E-state index contributed by atoms with van der Waals surface area (Å²) in [6.07, 6.45) is 3.66. The van der Waals surface area contributed by atoms with Crippen LogP contribution in [0, 0.1) is 0 Å². The zero-order chi connectivity index (χ0) is 16.1. The summed E-state index contributed by atoms with van der Waals surface area (Å²) in [6, 6.07) is 0. The summed E-state index contributed by atoms with van der Waals surface area (Å²) in [7, 11) is -2.58. The van der Waals surface area contributed by atoms with Crippen LogP contribution in [0.5, 0.6) is 0 Å². The largest absolute Gasteiger partial charge is 0.464 e. The molecule has 0 aromatic carbocycles. The highest BCUT2D eigenvalue weighted by molar-refractivity contribution is 8.00. The molecule has 1 heterocycles. The van der Waals surface area contributed by atoms with Crippen LogP contribution in [-0.4, -0.2) is 44.0 Å². The Balaban J connectivity index is 2.98. The summed E-state index contributed by atoms with van der Waals surface area (Å²) in [5.74, 6) is -0.751. The molecule has 0 saturated heterocycles. The fourth-order valence-corrected chi connectivity index (χ4v) is 5.00. The lowest BCUT2D eigenvalue weighted by Gasteiger charge is -2.29. The molecule has 0 fully saturated rings. The first kappa shape index (κ1) is 18.4. The highest BCUT2D eigenvalue weighted by Gasteiger charge is 2.31. The average Bonchev–Trinajstić information content (AvgIpc) is 2.99. The van der Waals surface area contributed by atoms with Crippen LogP contribution in [0.1, 0.15) is 37.2 Å². The molecule has 0 aliphatic heterocycles. The van der Waals surface area contributed by atoms with Crippen molar-refractivity contribution >= 4 is 39.1 Å². The van der Waals surface area contributed by atoms with Crippen molar-refractivity contribution < 1.29 is 17.9 Å². The summed E-state index contributed by atoms with van der Waals surface area (Å²) < 4.78 is 31.6. The van der Waals surface area contributed by atoms with Crippen molar-refractivity contribution in [3.8, 4) is 0 Å². The average molecular weight is 353 g/mol. The zero-order valence-electron chi connectivity index (χ0n) is 12.5. The van der Waals surface area contributed by atoms with Crippen LogP contribution in [0.2, 0.25) is 0 Å². The predicted molar refractivity (Wildman–Crippen MR) is 85.5 cm³/mol. The Morgan fingerprint density at radius 2 is 2.10 bits per heavy atom. The Bertz CT molecular complexity index is 571. The molecule has 120 valence electrons. The Morgan fingerprint density at radius 1 is 1.48 bits per heavy atom. The third kappa shape index (κ3) is 4.18. The normalized spacial score (nSPS) is 12.4. The van der Waals surface area contributed by atoms with Gasteiger partial charge in [-0.05, 0) is 19.1 Å². The van der Waals surface area contributed by atoms with Crippen LogP contribution < -0.4 is 4.72 Å². The van der Waals surface area contributed by atoms with Gasteiger partial charge in [0.2, 0.25) is 0 Å². The number of hydrogen-bond donors (Lipinski definition) is 1. The summed E-state index contributed by atoms with van der Waals surface area (Å²) in [5, 5.41) is 0. The molecule has 0 atom stereocenters. The first-order chi connectivity index (χ1) is 9.85.